The second-order valence-electron chi connectivity index (χ2n) is 4.20. The number of benzene rings is 1. The predicted molar refractivity (Wildman–Crippen MR) is 63.6 cm³/mol. The van der Waals surface area contributed by atoms with Crippen LogP contribution in [0.4, 0.5) is 0 Å². The third-order valence-electron chi connectivity index (χ3n) is 2.87. The van der Waals surface area contributed by atoms with E-state index in [0.29, 0.717) is 19.6 Å². The minimum atomic E-state index is -0.514. The van der Waals surface area contributed by atoms with Crippen molar-refractivity contribution in [1.29, 1.82) is 0 Å². The first-order valence-electron chi connectivity index (χ1n) is 5.66. The van der Waals surface area contributed by atoms with Crippen LogP contribution < -0.4 is 9.47 Å². The summed E-state index contributed by atoms with van der Waals surface area (Å²) in [6.45, 7) is 3.27. The minimum absolute atomic E-state index is 0.514. The van der Waals surface area contributed by atoms with E-state index in [1.165, 1.54) is 0 Å². The SMILES string of the molecule is COc1ccc(CC2(C)OCCO2)cc1OC. The Morgan fingerprint density at radius 1 is 1.12 bits per heavy atom. The van der Waals surface area contributed by atoms with E-state index < -0.39 is 5.79 Å². The van der Waals surface area contributed by atoms with Crippen LogP contribution in [0.2, 0.25) is 0 Å². The third-order valence-corrected chi connectivity index (χ3v) is 2.87. The fraction of sp³-hybridized carbons (Fsp3) is 0.538. The minimum Gasteiger partial charge on any atom is -0.493 e. The van der Waals surface area contributed by atoms with Gasteiger partial charge in [0.1, 0.15) is 0 Å². The van der Waals surface area contributed by atoms with Gasteiger partial charge >= 0.3 is 0 Å². The molecular weight excluding hydrogens is 220 g/mol. The van der Waals surface area contributed by atoms with Crippen molar-refractivity contribution in [3.63, 3.8) is 0 Å². The molecule has 1 aliphatic heterocycles. The molecule has 0 amide bonds. The first-order chi connectivity index (χ1) is 8.17. The molecule has 0 N–H and O–H groups in total. The maximum Gasteiger partial charge on any atom is 0.169 e. The molecule has 1 aromatic carbocycles. The van der Waals surface area contributed by atoms with Gasteiger partial charge in [0.05, 0.1) is 27.4 Å². The monoisotopic (exact) mass is 238 g/mol. The lowest BCUT2D eigenvalue weighted by molar-refractivity contribution is -0.140. The van der Waals surface area contributed by atoms with Crippen molar-refractivity contribution in [2.24, 2.45) is 0 Å². The van der Waals surface area contributed by atoms with Gasteiger partial charge in [0.2, 0.25) is 0 Å². The normalized spacial score (nSPS) is 18.1. The van der Waals surface area contributed by atoms with E-state index in [2.05, 4.69) is 0 Å². The van der Waals surface area contributed by atoms with E-state index in [-0.39, 0.29) is 0 Å². The lowest BCUT2D eigenvalue weighted by Gasteiger charge is -2.22. The maximum absolute atomic E-state index is 5.58. The third kappa shape index (κ3) is 2.70. The van der Waals surface area contributed by atoms with Crippen molar-refractivity contribution < 1.29 is 18.9 Å². The summed E-state index contributed by atoms with van der Waals surface area (Å²) >= 11 is 0. The first kappa shape index (κ1) is 12.2. The van der Waals surface area contributed by atoms with Gasteiger partial charge in [-0.1, -0.05) is 6.07 Å². The second kappa shape index (κ2) is 4.94. The van der Waals surface area contributed by atoms with Gasteiger partial charge in [-0.3, -0.25) is 0 Å². The average Bonchev–Trinajstić information content (AvgIpc) is 2.75. The molecule has 1 aliphatic rings. The molecule has 0 bridgehead atoms. The maximum atomic E-state index is 5.58. The van der Waals surface area contributed by atoms with Crippen LogP contribution in [0.1, 0.15) is 12.5 Å². The summed E-state index contributed by atoms with van der Waals surface area (Å²) in [5, 5.41) is 0. The Morgan fingerprint density at radius 2 is 1.76 bits per heavy atom. The smallest absolute Gasteiger partial charge is 0.169 e. The summed E-state index contributed by atoms with van der Waals surface area (Å²) in [5.74, 6) is 0.945. The van der Waals surface area contributed by atoms with Gasteiger partial charge < -0.3 is 18.9 Å². The Balaban J connectivity index is 2.16. The van der Waals surface area contributed by atoms with Crippen LogP contribution in [-0.2, 0) is 15.9 Å². The molecule has 0 radical (unpaired) electrons. The number of ether oxygens (including phenoxy) is 4. The molecule has 1 saturated heterocycles. The molecular formula is C13H18O4. The fourth-order valence-corrected chi connectivity index (χ4v) is 2.02. The molecule has 0 spiro atoms. The quantitative estimate of drug-likeness (QED) is 0.804. The highest BCUT2D eigenvalue weighted by atomic mass is 16.7. The van der Waals surface area contributed by atoms with Crippen LogP contribution in [0.3, 0.4) is 0 Å². The van der Waals surface area contributed by atoms with Crippen molar-refractivity contribution >= 4 is 0 Å². The van der Waals surface area contributed by atoms with Gasteiger partial charge in [0.25, 0.3) is 0 Å². The number of hydrogen-bond acceptors (Lipinski definition) is 4. The Bertz CT molecular complexity index is 383. The van der Waals surface area contributed by atoms with Crippen LogP contribution >= 0.6 is 0 Å². The lowest BCUT2D eigenvalue weighted by atomic mass is 10.1. The highest BCUT2D eigenvalue weighted by Crippen LogP contribution is 2.30. The molecule has 1 heterocycles. The zero-order valence-corrected chi connectivity index (χ0v) is 10.5. The molecule has 2 rings (SSSR count). The van der Waals surface area contributed by atoms with E-state index in [0.717, 1.165) is 17.1 Å². The van der Waals surface area contributed by atoms with Crippen LogP contribution in [0, 0.1) is 0 Å². The van der Waals surface area contributed by atoms with Crippen LogP contribution in [-0.4, -0.2) is 33.2 Å². The van der Waals surface area contributed by atoms with Crippen molar-refractivity contribution in [2.75, 3.05) is 27.4 Å². The summed E-state index contributed by atoms with van der Waals surface area (Å²) in [6, 6.07) is 5.85. The molecule has 0 saturated carbocycles. The average molecular weight is 238 g/mol. The molecule has 1 aromatic rings. The standard InChI is InChI=1S/C13H18O4/c1-13(16-6-7-17-13)9-10-4-5-11(14-2)12(8-10)15-3/h4-5,8H,6-7,9H2,1-3H3. The molecule has 4 nitrogen and oxygen atoms in total. The first-order valence-corrected chi connectivity index (χ1v) is 5.66. The van der Waals surface area contributed by atoms with Crippen molar-refractivity contribution in [2.45, 2.75) is 19.1 Å². The largest absolute Gasteiger partial charge is 0.493 e. The van der Waals surface area contributed by atoms with Crippen LogP contribution in [0.15, 0.2) is 18.2 Å². The summed E-state index contributed by atoms with van der Waals surface area (Å²) < 4.78 is 21.6. The number of hydrogen-bond donors (Lipinski definition) is 0. The molecule has 0 unspecified atom stereocenters. The zero-order valence-electron chi connectivity index (χ0n) is 10.5. The van der Waals surface area contributed by atoms with Crippen molar-refractivity contribution in [3.05, 3.63) is 23.8 Å². The molecule has 0 aromatic heterocycles. The highest BCUT2D eigenvalue weighted by Gasteiger charge is 2.31. The van der Waals surface area contributed by atoms with Crippen LogP contribution in [0.25, 0.3) is 0 Å². The van der Waals surface area contributed by atoms with E-state index in [9.17, 15) is 0 Å². The Labute approximate surface area is 101 Å². The van der Waals surface area contributed by atoms with E-state index in [1.807, 2.05) is 25.1 Å². The topological polar surface area (TPSA) is 36.9 Å². The molecule has 0 atom stereocenters. The molecule has 0 aliphatic carbocycles. The van der Waals surface area contributed by atoms with Crippen LogP contribution in [0.5, 0.6) is 11.5 Å². The van der Waals surface area contributed by atoms with Gasteiger partial charge in [-0.25, -0.2) is 0 Å². The predicted octanol–water partition coefficient (Wildman–Crippen LogP) is 2.01. The number of rotatable bonds is 4. The molecule has 1 fully saturated rings. The van der Waals surface area contributed by atoms with Crippen molar-refractivity contribution in [1.82, 2.24) is 0 Å². The van der Waals surface area contributed by atoms with Crippen molar-refractivity contribution in [3.8, 4) is 11.5 Å². The van der Waals surface area contributed by atoms with E-state index in [4.69, 9.17) is 18.9 Å². The lowest BCUT2D eigenvalue weighted by Crippen LogP contribution is -2.28. The molecule has 4 heteroatoms. The Hall–Kier alpha value is -1.26. The van der Waals surface area contributed by atoms with Gasteiger partial charge in [-0.2, -0.15) is 0 Å². The second-order valence-corrected chi connectivity index (χ2v) is 4.20. The summed E-state index contributed by atoms with van der Waals surface area (Å²) in [4.78, 5) is 0. The van der Waals surface area contributed by atoms with E-state index >= 15 is 0 Å². The van der Waals surface area contributed by atoms with Gasteiger partial charge in [-0.05, 0) is 24.6 Å². The van der Waals surface area contributed by atoms with Gasteiger partial charge in [0.15, 0.2) is 17.3 Å². The summed E-state index contributed by atoms with van der Waals surface area (Å²) in [7, 11) is 3.26. The number of methoxy groups -OCH3 is 2. The Kier molecular flexibility index (Phi) is 3.54. The zero-order chi connectivity index (χ0) is 12.3. The van der Waals surface area contributed by atoms with Gasteiger partial charge in [0, 0.05) is 6.42 Å². The molecule has 94 valence electrons. The highest BCUT2D eigenvalue weighted by molar-refractivity contribution is 5.43. The summed E-state index contributed by atoms with van der Waals surface area (Å²) in [6.07, 6.45) is 0.702. The van der Waals surface area contributed by atoms with E-state index in [1.54, 1.807) is 14.2 Å². The molecule has 17 heavy (non-hydrogen) atoms. The Morgan fingerprint density at radius 3 is 2.35 bits per heavy atom. The summed E-state index contributed by atoms with van der Waals surface area (Å²) in [5.41, 5.74) is 1.10. The fourth-order valence-electron chi connectivity index (χ4n) is 2.02. The van der Waals surface area contributed by atoms with Gasteiger partial charge in [-0.15, -0.1) is 0 Å².